The fourth-order valence-electron chi connectivity index (χ4n) is 3.71. The van der Waals surface area contributed by atoms with Crippen molar-refractivity contribution in [2.24, 2.45) is 0 Å². The highest BCUT2D eigenvalue weighted by Crippen LogP contribution is 2.44. The highest BCUT2D eigenvalue weighted by atomic mass is 16.5. The summed E-state index contributed by atoms with van der Waals surface area (Å²) in [7, 11) is 0. The zero-order valence-corrected chi connectivity index (χ0v) is 16.0. The van der Waals surface area contributed by atoms with Crippen LogP contribution in [0.2, 0.25) is 0 Å². The van der Waals surface area contributed by atoms with Crippen molar-refractivity contribution in [3.05, 3.63) is 95.3 Å². The number of hydrogen-bond acceptors (Lipinski definition) is 3. The van der Waals surface area contributed by atoms with Crippen LogP contribution in [0.4, 0.5) is 0 Å². The number of esters is 1. The molecule has 1 aliphatic heterocycles. The Morgan fingerprint density at radius 3 is 2.57 bits per heavy atom. The molecule has 4 rings (SSSR count). The molecule has 0 aromatic heterocycles. The molecule has 1 heterocycles. The van der Waals surface area contributed by atoms with Gasteiger partial charge in [0.25, 0.3) is 0 Å². The van der Waals surface area contributed by atoms with E-state index in [4.69, 9.17) is 9.47 Å². The number of carbonyl (C=O) groups is 1. The van der Waals surface area contributed by atoms with Gasteiger partial charge in [0.05, 0.1) is 12.2 Å². The third-order valence-corrected chi connectivity index (χ3v) is 4.97. The molecule has 0 saturated carbocycles. The van der Waals surface area contributed by atoms with Crippen LogP contribution in [0.1, 0.15) is 30.9 Å². The molecular formula is C25H22O3. The lowest BCUT2D eigenvalue weighted by molar-refractivity contribution is -0.139. The van der Waals surface area contributed by atoms with Gasteiger partial charge in [0.2, 0.25) is 0 Å². The minimum atomic E-state index is -0.332. The van der Waals surface area contributed by atoms with E-state index in [1.54, 1.807) is 0 Å². The molecule has 3 nitrogen and oxygen atoms in total. The van der Waals surface area contributed by atoms with Gasteiger partial charge in [-0.05, 0) is 36.2 Å². The molecule has 3 heteroatoms. The number of benzene rings is 3. The molecule has 0 amide bonds. The van der Waals surface area contributed by atoms with E-state index in [9.17, 15) is 4.79 Å². The summed E-state index contributed by atoms with van der Waals surface area (Å²) in [6.07, 6.45) is 4.12. The summed E-state index contributed by atoms with van der Waals surface area (Å²) in [5.41, 5.74) is 2.63. The van der Waals surface area contributed by atoms with Gasteiger partial charge in [-0.1, -0.05) is 72.8 Å². The summed E-state index contributed by atoms with van der Waals surface area (Å²) >= 11 is 0. The average molecular weight is 370 g/mol. The third-order valence-electron chi connectivity index (χ3n) is 4.97. The number of rotatable bonds is 4. The Morgan fingerprint density at radius 2 is 1.79 bits per heavy atom. The van der Waals surface area contributed by atoms with Crippen LogP contribution >= 0.6 is 0 Å². The molecule has 0 saturated heterocycles. The van der Waals surface area contributed by atoms with Crippen molar-refractivity contribution in [2.45, 2.75) is 19.8 Å². The monoisotopic (exact) mass is 370 g/mol. The predicted molar refractivity (Wildman–Crippen MR) is 112 cm³/mol. The van der Waals surface area contributed by atoms with Crippen LogP contribution < -0.4 is 4.74 Å². The van der Waals surface area contributed by atoms with E-state index in [1.807, 2.05) is 68.5 Å². The van der Waals surface area contributed by atoms with Gasteiger partial charge in [0.15, 0.2) is 0 Å². The fourth-order valence-corrected chi connectivity index (χ4v) is 3.71. The SMILES string of the molecule is CCOC(=O)C1=C(C)Oc2ccc3ccccc3c2C1/C=C/c1ccccc1. The largest absolute Gasteiger partial charge is 0.463 e. The second kappa shape index (κ2) is 7.73. The fraction of sp³-hybridized carbons (Fsp3) is 0.160. The lowest BCUT2D eigenvalue weighted by Gasteiger charge is -2.28. The number of ether oxygens (including phenoxy) is 2. The lowest BCUT2D eigenvalue weighted by atomic mass is 9.84. The van der Waals surface area contributed by atoms with E-state index in [1.165, 1.54) is 0 Å². The van der Waals surface area contributed by atoms with E-state index in [2.05, 4.69) is 24.3 Å². The third kappa shape index (κ3) is 3.31. The number of carbonyl (C=O) groups excluding carboxylic acids is 1. The molecule has 1 aliphatic rings. The second-order valence-electron chi connectivity index (χ2n) is 6.74. The minimum Gasteiger partial charge on any atom is -0.463 e. The Labute approximate surface area is 164 Å². The summed E-state index contributed by atoms with van der Waals surface area (Å²) in [6.45, 7) is 3.97. The van der Waals surface area contributed by atoms with Gasteiger partial charge in [-0.2, -0.15) is 0 Å². The van der Waals surface area contributed by atoms with E-state index in [0.717, 1.165) is 27.6 Å². The Hall–Kier alpha value is -3.33. The van der Waals surface area contributed by atoms with Crippen LogP contribution in [0.15, 0.2) is 84.1 Å². The molecule has 0 fully saturated rings. The van der Waals surface area contributed by atoms with E-state index < -0.39 is 0 Å². The van der Waals surface area contributed by atoms with Crippen LogP contribution in [0.3, 0.4) is 0 Å². The van der Waals surface area contributed by atoms with Gasteiger partial charge in [-0.3, -0.25) is 0 Å². The Bertz CT molecular complexity index is 1080. The lowest BCUT2D eigenvalue weighted by Crippen LogP contribution is -2.21. The van der Waals surface area contributed by atoms with Crippen molar-refractivity contribution in [1.82, 2.24) is 0 Å². The van der Waals surface area contributed by atoms with Crippen LogP contribution in [0.25, 0.3) is 16.8 Å². The molecule has 0 aliphatic carbocycles. The van der Waals surface area contributed by atoms with E-state index >= 15 is 0 Å². The smallest absolute Gasteiger partial charge is 0.338 e. The molecule has 28 heavy (non-hydrogen) atoms. The first-order valence-corrected chi connectivity index (χ1v) is 9.49. The molecule has 0 radical (unpaired) electrons. The van der Waals surface area contributed by atoms with Crippen molar-refractivity contribution < 1.29 is 14.3 Å². The van der Waals surface area contributed by atoms with Crippen molar-refractivity contribution in [2.75, 3.05) is 6.61 Å². The number of allylic oxidation sites excluding steroid dienone is 2. The maximum absolute atomic E-state index is 12.8. The van der Waals surface area contributed by atoms with Crippen molar-refractivity contribution in [1.29, 1.82) is 0 Å². The van der Waals surface area contributed by atoms with Crippen LogP contribution in [0.5, 0.6) is 5.75 Å². The molecule has 1 atom stereocenters. The van der Waals surface area contributed by atoms with Crippen LogP contribution in [0, 0.1) is 0 Å². The quantitative estimate of drug-likeness (QED) is 0.539. The first-order chi connectivity index (χ1) is 13.7. The molecule has 0 spiro atoms. The molecule has 140 valence electrons. The van der Waals surface area contributed by atoms with Gasteiger partial charge < -0.3 is 9.47 Å². The first kappa shape index (κ1) is 18.1. The van der Waals surface area contributed by atoms with Crippen LogP contribution in [-0.4, -0.2) is 12.6 Å². The van der Waals surface area contributed by atoms with Crippen molar-refractivity contribution in [3.63, 3.8) is 0 Å². The standard InChI is InChI=1S/C25H22O3/c1-3-27-25(26)23-17(2)28-22-16-14-19-11-7-8-12-20(19)24(22)21(23)15-13-18-9-5-4-6-10-18/h4-16,21H,3H2,1-2H3/b15-13+. The van der Waals surface area contributed by atoms with Crippen molar-refractivity contribution in [3.8, 4) is 5.75 Å². The van der Waals surface area contributed by atoms with E-state index in [0.29, 0.717) is 17.9 Å². The maximum atomic E-state index is 12.8. The summed E-state index contributed by atoms with van der Waals surface area (Å²) in [6, 6.07) is 22.3. The topological polar surface area (TPSA) is 35.5 Å². The molecule has 0 bridgehead atoms. The zero-order chi connectivity index (χ0) is 19.5. The van der Waals surface area contributed by atoms with Gasteiger partial charge in [-0.25, -0.2) is 4.79 Å². The average Bonchev–Trinajstić information content (AvgIpc) is 2.72. The van der Waals surface area contributed by atoms with Gasteiger partial charge in [-0.15, -0.1) is 0 Å². The molecule has 3 aromatic carbocycles. The Balaban J connectivity index is 1.90. The molecule has 0 N–H and O–H groups in total. The summed E-state index contributed by atoms with van der Waals surface area (Å²) in [4.78, 5) is 12.8. The zero-order valence-electron chi connectivity index (χ0n) is 16.0. The summed E-state index contributed by atoms with van der Waals surface area (Å²) in [5.74, 6) is 0.798. The number of fused-ring (bicyclic) bond motifs is 3. The summed E-state index contributed by atoms with van der Waals surface area (Å²) < 4.78 is 11.4. The summed E-state index contributed by atoms with van der Waals surface area (Å²) in [5, 5.41) is 2.20. The second-order valence-corrected chi connectivity index (χ2v) is 6.74. The number of hydrogen-bond donors (Lipinski definition) is 0. The predicted octanol–water partition coefficient (Wildman–Crippen LogP) is 5.87. The Kier molecular flexibility index (Phi) is 4.98. The molecule has 3 aromatic rings. The molecule has 1 unspecified atom stereocenters. The first-order valence-electron chi connectivity index (χ1n) is 9.49. The van der Waals surface area contributed by atoms with Gasteiger partial charge in [0.1, 0.15) is 11.5 Å². The Morgan fingerprint density at radius 1 is 1.04 bits per heavy atom. The highest BCUT2D eigenvalue weighted by molar-refractivity contribution is 5.96. The van der Waals surface area contributed by atoms with Crippen LogP contribution in [-0.2, 0) is 9.53 Å². The maximum Gasteiger partial charge on any atom is 0.338 e. The normalized spacial score (nSPS) is 16.1. The van der Waals surface area contributed by atoms with Crippen molar-refractivity contribution >= 4 is 22.8 Å². The van der Waals surface area contributed by atoms with Gasteiger partial charge >= 0.3 is 5.97 Å². The minimum absolute atomic E-state index is 0.242. The van der Waals surface area contributed by atoms with Gasteiger partial charge in [0, 0.05) is 11.5 Å². The highest BCUT2D eigenvalue weighted by Gasteiger charge is 2.33. The van der Waals surface area contributed by atoms with E-state index in [-0.39, 0.29) is 11.9 Å². The molecular weight excluding hydrogens is 348 g/mol.